The van der Waals surface area contributed by atoms with Crippen molar-refractivity contribution < 1.29 is 9.59 Å². The van der Waals surface area contributed by atoms with E-state index in [0.29, 0.717) is 13.1 Å². The molecular weight excluding hydrogens is 372 g/mol. The topological polar surface area (TPSA) is 49.4 Å². The molecule has 1 heterocycles. The van der Waals surface area contributed by atoms with E-state index in [9.17, 15) is 9.59 Å². The van der Waals surface area contributed by atoms with Crippen molar-refractivity contribution in [3.8, 4) is 0 Å². The number of aryl methyl sites for hydroxylation is 1. The maximum atomic E-state index is 13.0. The van der Waals surface area contributed by atoms with Crippen LogP contribution in [0.1, 0.15) is 55.3 Å². The Kier molecular flexibility index (Phi) is 6.51. The highest BCUT2D eigenvalue weighted by Gasteiger charge is 2.41. The zero-order valence-electron chi connectivity index (χ0n) is 17.8. The summed E-state index contributed by atoms with van der Waals surface area (Å²) in [7, 11) is 0. The highest BCUT2D eigenvalue weighted by molar-refractivity contribution is 5.84. The first-order valence-electron chi connectivity index (χ1n) is 11.4. The van der Waals surface area contributed by atoms with E-state index < -0.39 is 0 Å². The largest absolute Gasteiger partial charge is 0.355 e. The number of likely N-dealkylation sites (tertiary alicyclic amines) is 1. The van der Waals surface area contributed by atoms with Crippen LogP contribution in [0.5, 0.6) is 0 Å². The lowest BCUT2D eigenvalue weighted by Crippen LogP contribution is -2.47. The summed E-state index contributed by atoms with van der Waals surface area (Å²) in [6.07, 6.45) is 5.50. The van der Waals surface area contributed by atoms with Gasteiger partial charge in [0.1, 0.15) is 0 Å². The number of hydrogen-bond donors (Lipinski definition) is 1. The lowest BCUT2D eigenvalue weighted by atomic mass is 9.87. The molecule has 1 saturated carbocycles. The Balaban J connectivity index is 1.39. The van der Waals surface area contributed by atoms with Gasteiger partial charge >= 0.3 is 0 Å². The van der Waals surface area contributed by atoms with Gasteiger partial charge in [0.25, 0.3) is 0 Å². The zero-order chi connectivity index (χ0) is 20.9. The quantitative estimate of drug-likeness (QED) is 0.748. The van der Waals surface area contributed by atoms with E-state index in [2.05, 4.69) is 48.6 Å². The minimum Gasteiger partial charge on any atom is -0.355 e. The Morgan fingerprint density at radius 3 is 2.27 bits per heavy atom. The van der Waals surface area contributed by atoms with Crippen molar-refractivity contribution in [3.05, 3.63) is 71.3 Å². The summed E-state index contributed by atoms with van der Waals surface area (Å²) < 4.78 is 0. The molecule has 4 nitrogen and oxygen atoms in total. The molecule has 2 atom stereocenters. The molecule has 2 aromatic rings. The second kappa shape index (κ2) is 9.46. The molecule has 1 N–H and O–H groups in total. The van der Waals surface area contributed by atoms with E-state index in [1.807, 2.05) is 23.1 Å². The molecule has 2 aromatic carbocycles. The molecule has 0 aromatic heterocycles. The molecule has 1 aliphatic carbocycles. The number of rotatable bonds is 7. The van der Waals surface area contributed by atoms with Crippen molar-refractivity contribution in [3.63, 3.8) is 0 Å². The van der Waals surface area contributed by atoms with Crippen molar-refractivity contribution >= 4 is 11.8 Å². The van der Waals surface area contributed by atoms with Crippen molar-refractivity contribution in [1.29, 1.82) is 0 Å². The Hall–Kier alpha value is -2.62. The molecule has 2 fully saturated rings. The van der Waals surface area contributed by atoms with E-state index in [4.69, 9.17) is 0 Å². The first-order chi connectivity index (χ1) is 14.7. The monoisotopic (exact) mass is 404 g/mol. The van der Waals surface area contributed by atoms with Crippen molar-refractivity contribution in [2.45, 2.75) is 51.5 Å². The summed E-state index contributed by atoms with van der Waals surface area (Å²) in [6.45, 7) is 3.32. The fourth-order valence-corrected chi connectivity index (χ4v) is 4.43. The summed E-state index contributed by atoms with van der Waals surface area (Å²) in [6, 6.07) is 19.0. The summed E-state index contributed by atoms with van der Waals surface area (Å²) in [5, 5.41) is 3.10. The fourth-order valence-electron chi connectivity index (χ4n) is 4.43. The van der Waals surface area contributed by atoms with Gasteiger partial charge in [-0.3, -0.25) is 9.59 Å². The third-order valence-electron chi connectivity index (χ3n) is 6.49. The SMILES string of the molecule is CCc1ccc([C@@H]2CC[C@@H](C(=O)NCCc3ccccc3)CN2C(=O)C2CC2)cc1. The van der Waals surface area contributed by atoms with Gasteiger partial charge in [-0.1, -0.05) is 61.5 Å². The van der Waals surface area contributed by atoms with E-state index in [1.165, 1.54) is 16.7 Å². The third kappa shape index (κ3) is 4.92. The van der Waals surface area contributed by atoms with Crippen LogP contribution in [0.3, 0.4) is 0 Å². The second-order valence-electron chi connectivity index (χ2n) is 8.68. The van der Waals surface area contributed by atoms with Gasteiger partial charge in [-0.15, -0.1) is 0 Å². The third-order valence-corrected chi connectivity index (χ3v) is 6.49. The van der Waals surface area contributed by atoms with Crippen LogP contribution in [0.4, 0.5) is 0 Å². The molecule has 30 heavy (non-hydrogen) atoms. The Bertz CT molecular complexity index is 858. The molecule has 0 unspecified atom stereocenters. The number of nitrogens with zero attached hydrogens (tertiary/aromatic N) is 1. The predicted octanol–water partition coefficient (Wildman–Crippen LogP) is 4.30. The number of carbonyl (C=O) groups excluding carboxylic acids is 2. The highest BCUT2D eigenvalue weighted by Crippen LogP contribution is 2.39. The average molecular weight is 405 g/mol. The number of benzene rings is 2. The normalized spacial score (nSPS) is 21.3. The Morgan fingerprint density at radius 2 is 1.60 bits per heavy atom. The number of piperidine rings is 1. The van der Waals surface area contributed by atoms with Crippen LogP contribution in [0.15, 0.2) is 54.6 Å². The molecular formula is C26H32N2O2. The maximum absolute atomic E-state index is 13.0. The van der Waals surface area contributed by atoms with Crippen LogP contribution in [0, 0.1) is 11.8 Å². The predicted molar refractivity (Wildman–Crippen MR) is 119 cm³/mol. The van der Waals surface area contributed by atoms with Crippen LogP contribution < -0.4 is 5.32 Å². The van der Waals surface area contributed by atoms with Crippen molar-refractivity contribution in [2.75, 3.05) is 13.1 Å². The lowest BCUT2D eigenvalue weighted by Gasteiger charge is -2.40. The van der Waals surface area contributed by atoms with Gasteiger partial charge < -0.3 is 10.2 Å². The van der Waals surface area contributed by atoms with Gasteiger partial charge in [-0.05, 0) is 55.2 Å². The zero-order valence-corrected chi connectivity index (χ0v) is 17.8. The first kappa shape index (κ1) is 20.6. The fraction of sp³-hybridized carbons (Fsp3) is 0.462. The molecule has 0 spiro atoms. The van der Waals surface area contributed by atoms with Gasteiger partial charge in [-0.2, -0.15) is 0 Å². The standard InChI is InChI=1S/C26H32N2O2/c1-2-19-8-10-21(11-9-19)24-15-14-23(18-28(24)26(30)22-12-13-22)25(29)27-17-16-20-6-4-3-5-7-20/h3-11,22-24H,2,12-18H2,1H3,(H,27,29)/t23-,24+/m1/s1. The van der Waals surface area contributed by atoms with E-state index in [1.54, 1.807) is 0 Å². The first-order valence-corrected chi connectivity index (χ1v) is 11.4. The van der Waals surface area contributed by atoms with Crippen molar-refractivity contribution in [2.24, 2.45) is 11.8 Å². The maximum Gasteiger partial charge on any atom is 0.226 e. The number of amides is 2. The summed E-state index contributed by atoms with van der Waals surface area (Å²) in [4.78, 5) is 27.9. The summed E-state index contributed by atoms with van der Waals surface area (Å²) in [5.41, 5.74) is 3.73. The van der Waals surface area contributed by atoms with Gasteiger partial charge in [0.2, 0.25) is 11.8 Å². The molecule has 158 valence electrons. The second-order valence-corrected chi connectivity index (χ2v) is 8.68. The average Bonchev–Trinajstić information content (AvgIpc) is 3.64. The van der Waals surface area contributed by atoms with Crippen LogP contribution in [-0.4, -0.2) is 29.8 Å². The van der Waals surface area contributed by atoms with E-state index in [-0.39, 0.29) is 29.7 Å². The smallest absolute Gasteiger partial charge is 0.226 e. The summed E-state index contributed by atoms with van der Waals surface area (Å²) in [5.74, 6) is 0.373. The molecule has 1 aliphatic heterocycles. The molecule has 2 amide bonds. The molecule has 4 rings (SSSR count). The molecule has 2 aliphatic rings. The van der Waals surface area contributed by atoms with E-state index in [0.717, 1.165) is 38.5 Å². The molecule has 1 saturated heterocycles. The molecule has 4 heteroatoms. The van der Waals surface area contributed by atoms with Crippen LogP contribution >= 0.6 is 0 Å². The Morgan fingerprint density at radius 1 is 0.900 bits per heavy atom. The number of nitrogens with one attached hydrogen (secondary N) is 1. The Labute approximate surface area is 179 Å². The van der Waals surface area contributed by atoms with Gasteiger partial charge in [0.15, 0.2) is 0 Å². The van der Waals surface area contributed by atoms with Crippen LogP contribution in [-0.2, 0) is 22.4 Å². The minimum absolute atomic E-state index is 0.0827. The van der Waals surface area contributed by atoms with Crippen LogP contribution in [0.25, 0.3) is 0 Å². The molecule has 0 radical (unpaired) electrons. The molecule has 0 bridgehead atoms. The van der Waals surface area contributed by atoms with Crippen molar-refractivity contribution in [1.82, 2.24) is 10.2 Å². The minimum atomic E-state index is -0.116. The van der Waals surface area contributed by atoms with Crippen LogP contribution in [0.2, 0.25) is 0 Å². The number of carbonyl (C=O) groups is 2. The van der Waals surface area contributed by atoms with E-state index >= 15 is 0 Å². The van der Waals surface area contributed by atoms with Gasteiger partial charge in [-0.25, -0.2) is 0 Å². The highest BCUT2D eigenvalue weighted by atomic mass is 16.2. The van der Waals surface area contributed by atoms with Gasteiger partial charge in [0.05, 0.1) is 12.0 Å². The number of hydrogen-bond acceptors (Lipinski definition) is 2. The lowest BCUT2D eigenvalue weighted by molar-refractivity contribution is -0.140. The summed E-state index contributed by atoms with van der Waals surface area (Å²) >= 11 is 0. The van der Waals surface area contributed by atoms with Gasteiger partial charge in [0, 0.05) is 19.0 Å².